The number of imidazole rings is 1. The van der Waals surface area contributed by atoms with Gasteiger partial charge in [-0.3, -0.25) is 4.57 Å². The van der Waals surface area contributed by atoms with Crippen LogP contribution in [0.15, 0.2) is 30.6 Å². The molecule has 4 N–H and O–H groups in total. The Hall–Kier alpha value is -2.92. The van der Waals surface area contributed by atoms with Gasteiger partial charge in [0.05, 0.1) is 18.3 Å². The molecule has 154 valence electrons. The molecular weight excluding hydrogens is 389 g/mol. The summed E-state index contributed by atoms with van der Waals surface area (Å²) in [7, 11) is 0. The van der Waals surface area contributed by atoms with Crippen molar-refractivity contribution in [2.24, 2.45) is 0 Å². The summed E-state index contributed by atoms with van der Waals surface area (Å²) in [6, 6.07) is 4.89. The zero-order valence-electron chi connectivity index (χ0n) is 15.2. The van der Waals surface area contributed by atoms with E-state index in [2.05, 4.69) is 20.3 Å². The fourth-order valence-electron chi connectivity index (χ4n) is 3.33. The van der Waals surface area contributed by atoms with Crippen molar-refractivity contribution in [1.29, 1.82) is 0 Å². The molecule has 2 atom stereocenters. The Morgan fingerprint density at radius 3 is 2.62 bits per heavy atom. The lowest BCUT2D eigenvalue weighted by Crippen LogP contribution is -2.17. The van der Waals surface area contributed by atoms with Crippen molar-refractivity contribution in [1.82, 2.24) is 19.5 Å². The van der Waals surface area contributed by atoms with Crippen LogP contribution in [-0.4, -0.2) is 37.3 Å². The van der Waals surface area contributed by atoms with Crippen molar-refractivity contribution in [3.05, 3.63) is 41.7 Å². The van der Waals surface area contributed by atoms with Gasteiger partial charge in [-0.05, 0) is 30.5 Å². The Morgan fingerprint density at radius 1 is 1.21 bits per heavy atom. The number of aromatic nitrogens is 4. The average Bonchev–Trinajstić information content (AvgIpc) is 3.30. The number of anilines is 2. The Labute approximate surface area is 163 Å². The van der Waals surface area contributed by atoms with Crippen LogP contribution in [0.3, 0.4) is 0 Å². The number of alkyl halides is 3. The molecule has 0 amide bonds. The van der Waals surface area contributed by atoms with Crippen LogP contribution in [0.5, 0.6) is 0 Å². The molecule has 0 spiro atoms. The highest BCUT2D eigenvalue weighted by molar-refractivity contribution is 5.84. The Morgan fingerprint density at radius 2 is 1.97 bits per heavy atom. The molecule has 2 aromatic heterocycles. The quantitative estimate of drug-likeness (QED) is 0.595. The number of aliphatic hydroxyl groups is 1. The minimum Gasteiger partial charge on any atom is -0.394 e. The van der Waals surface area contributed by atoms with E-state index < -0.39 is 18.0 Å². The number of nitrogens with two attached hydrogens (primary N) is 1. The van der Waals surface area contributed by atoms with Crippen molar-refractivity contribution in [3.8, 4) is 0 Å². The summed E-state index contributed by atoms with van der Waals surface area (Å²) in [6.45, 7) is 0.152. The molecular formula is C18H19F3N6O2. The van der Waals surface area contributed by atoms with Crippen molar-refractivity contribution in [2.75, 3.05) is 17.7 Å². The lowest BCUT2D eigenvalue weighted by Gasteiger charge is -2.17. The molecule has 4 rings (SSSR count). The highest BCUT2D eigenvalue weighted by atomic mass is 19.4. The number of halogens is 3. The van der Waals surface area contributed by atoms with Gasteiger partial charge in [-0.25, -0.2) is 15.0 Å². The van der Waals surface area contributed by atoms with E-state index in [1.807, 2.05) is 0 Å². The maximum atomic E-state index is 12.7. The zero-order valence-corrected chi connectivity index (χ0v) is 15.2. The number of hydrogen-bond acceptors (Lipinski definition) is 7. The van der Waals surface area contributed by atoms with Crippen molar-refractivity contribution in [3.63, 3.8) is 0 Å². The number of aliphatic hydroxyl groups excluding tert-OH is 1. The molecule has 1 saturated heterocycles. The number of ether oxygens (including phenoxy) is 1. The van der Waals surface area contributed by atoms with Crippen LogP contribution >= 0.6 is 0 Å². The topological polar surface area (TPSA) is 111 Å². The summed E-state index contributed by atoms with van der Waals surface area (Å²) in [5.74, 6) is 0.624. The first-order chi connectivity index (χ1) is 13.9. The van der Waals surface area contributed by atoms with Crippen molar-refractivity contribution >= 4 is 22.9 Å². The van der Waals surface area contributed by atoms with Crippen molar-refractivity contribution < 1.29 is 23.0 Å². The molecule has 2 unspecified atom stereocenters. The predicted molar refractivity (Wildman–Crippen MR) is 98.7 cm³/mol. The van der Waals surface area contributed by atoms with Gasteiger partial charge in [-0.1, -0.05) is 12.1 Å². The maximum absolute atomic E-state index is 12.7. The van der Waals surface area contributed by atoms with E-state index in [0.29, 0.717) is 35.5 Å². The first-order valence-corrected chi connectivity index (χ1v) is 9.01. The summed E-state index contributed by atoms with van der Waals surface area (Å²) in [5.41, 5.74) is 6.74. The second kappa shape index (κ2) is 7.48. The number of rotatable bonds is 5. The van der Waals surface area contributed by atoms with Gasteiger partial charge in [0.2, 0.25) is 5.95 Å². The lowest BCUT2D eigenvalue weighted by atomic mass is 10.1. The summed E-state index contributed by atoms with van der Waals surface area (Å²) in [6.07, 6.45) is -2.40. The molecule has 1 aliphatic heterocycles. The van der Waals surface area contributed by atoms with Crippen LogP contribution in [0.25, 0.3) is 11.2 Å². The fraction of sp³-hybridized carbons (Fsp3) is 0.389. The maximum Gasteiger partial charge on any atom is 0.416 e. The van der Waals surface area contributed by atoms with Gasteiger partial charge in [-0.2, -0.15) is 13.2 Å². The molecule has 11 heteroatoms. The number of benzene rings is 1. The number of nitrogen functional groups attached to an aromatic ring is 1. The molecule has 3 heterocycles. The summed E-state index contributed by atoms with van der Waals surface area (Å²) < 4.78 is 45.8. The van der Waals surface area contributed by atoms with Gasteiger partial charge in [0.25, 0.3) is 0 Å². The van der Waals surface area contributed by atoms with Gasteiger partial charge in [0.15, 0.2) is 17.0 Å². The molecule has 0 bridgehead atoms. The van der Waals surface area contributed by atoms with Crippen LogP contribution < -0.4 is 11.1 Å². The van der Waals surface area contributed by atoms with E-state index in [1.54, 1.807) is 4.57 Å². The third-order valence-electron chi connectivity index (χ3n) is 4.81. The summed E-state index contributed by atoms with van der Waals surface area (Å²) >= 11 is 0. The van der Waals surface area contributed by atoms with Crippen LogP contribution in [0.1, 0.15) is 30.2 Å². The SMILES string of the molecule is Nc1ncnc2c1nc(NCc1ccc(C(F)(F)F)cc1)n2C1CCC(CO)O1. The van der Waals surface area contributed by atoms with E-state index in [0.717, 1.165) is 12.1 Å². The van der Waals surface area contributed by atoms with Gasteiger partial charge in [-0.15, -0.1) is 0 Å². The van der Waals surface area contributed by atoms with E-state index in [4.69, 9.17) is 10.5 Å². The van der Waals surface area contributed by atoms with Crippen LogP contribution in [0.2, 0.25) is 0 Å². The Kier molecular flexibility index (Phi) is 5.01. The Bertz CT molecular complexity index is 1010. The highest BCUT2D eigenvalue weighted by Gasteiger charge is 2.31. The number of hydrogen-bond donors (Lipinski definition) is 3. The van der Waals surface area contributed by atoms with E-state index in [-0.39, 0.29) is 25.1 Å². The molecule has 1 aromatic carbocycles. The highest BCUT2D eigenvalue weighted by Crippen LogP contribution is 2.34. The van der Waals surface area contributed by atoms with Crippen LogP contribution in [0, 0.1) is 0 Å². The third-order valence-corrected chi connectivity index (χ3v) is 4.81. The second-order valence-electron chi connectivity index (χ2n) is 6.76. The van der Waals surface area contributed by atoms with Gasteiger partial charge < -0.3 is 20.9 Å². The normalized spacial score (nSPS) is 19.7. The second-order valence-corrected chi connectivity index (χ2v) is 6.76. The standard InChI is InChI=1S/C18H19F3N6O2/c19-18(20,21)11-3-1-10(2-4-11)7-23-17-26-14-15(22)24-9-25-16(14)27(17)13-6-5-12(8-28)29-13/h1-4,9,12-13,28H,5-8H2,(H,23,26)(H2,22,24,25). The summed E-state index contributed by atoms with van der Waals surface area (Å²) in [5, 5.41) is 12.5. The lowest BCUT2D eigenvalue weighted by molar-refractivity contribution is -0.137. The minimum atomic E-state index is -4.38. The monoisotopic (exact) mass is 408 g/mol. The molecule has 8 nitrogen and oxygen atoms in total. The number of nitrogens with one attached hydrogen (secondary N) is 1. The zero-order chi connectivity index (χ0) is 20.6. The van der Waals surface area contributed by atoms with E-state index in [1.165, 1.54) is 18.5 Å². The minimum absolute atomic E-state index is 0.0887. The molecule has 1 fully saturated rings. The average molecular weight is 408 g/mol. The molecule has 0 aliphatic carbocycles. The first-order valence-electron chi connectivity index (χ1n) is 9.01. The van der Waals surface area contributed by atoms with Crippen LogP contribution in [-0.2, 0) is 17.5 Å². The van der Waals surface area contributed by atoms with Gasteiger partial charge in [0.1, 0.15) is 12.6 Å². The van der Waals surface area contributed by atoms with E-state index in [9.17, 15) is 18.3 Å². The predicted octanol–water partition coefficient (Wildman–Crippen LogP) is 2.71. The Balaban J connectivity index is 1.61. The molecule has 29 heavy (non-hydrogen) atoms. The molecule has 3 aromatic rings. The van der Waals surface area contributed by atoms with Gasteiger partial charge in [0, 0.05) is 6.54 Å². The number of nitrogens with zero attached hydrogens (tertiary/aromatic N) is 4. The molecule has 1 aliphatic rings. The summed E-state index contributed by atoms with van der Waals surface area (Å²) in [4.78, 5) is 12.7. The fourth-order valence-corrected chi connectivity index (χ4v) is 3.33. The third kappa shape index (κ3) is 3.83. The van der Waals surface area contributed by atoms with Gasteiger partial charge >= 0.3 is 6.18 Å². The smallest absolute Gasteiger partial charge is 0.394 e. The van der Waals surface area contributed by atoms with E-state index >= 15 is 0 Å². The van der Waals surface area contributed by atoms with Crippen LogP contribution in [0.4, 0.5) is 24.9 Å². The molecule has 0 radical (unpaired) electrons. The molecule has 0 saturated carbocycles. The number of fused-ring (bicyclic) bond motifs is 1. The van der Waals surface area contributed by atoms with Crippen molar-refractivity contribution in [2.45, 2.75) is 37.9 Å². The largest absolute Gasteiger partial charge is 0.416 e. The first kappa shape index (κ1) is 19.4.